The third kappa shape index (κ3) is 8.85. The lowest BCUT2D eigenvalue weighted by atomic mass is 9.98. The van der Waals surface area contributed by atoms with Gasteiger partial charge < -0.3 is 9.59 Å². The molecule has 156 valence electrons. The first kappa shape index (κ1) is 25.4. The van der Waals surface area contributed by atoms with Crippen LogP contribution in [0, 0.1) is 0 Å². The largest absolute Gasteiger partial charge is 0.477 e. The first-order chi connectivity index (χ1) is 12.2. The topological polar surface area (TPSA) is 49.3 Å². The highest BCUT2D eigenvalue weighted by atomic mass is 16.4. The monoisotopic (exact) mass is 371 g/mol. The van der Waals surface area contributed by atoms with Crippen LogP contribution in [0.3, 0.4) is 0 Å². The van der Waals surface area contributed by atoms with Crippen molar-refractivity contribution in [1.29, 1.82) is 0 Å². The van der Waals surface area contributed by atoms with Crippen LogP contribution in [0.2, 0.25) is 0 Å². The van der Waals surface area contributed by atoms with E-state index in [9.17, 15) is 9.90 Å². The highest BCUT2D eigenvalue weighted by molar-refractivity contribution is 5.76. The molecular formula is C22H47N2O2+. The number of hydrogen-bond acceptors (Lipinski definition) is 2. The Morgan fingerprint density at radius 1 is 0.885 bits per heavy atom. The summed E-state index contributed by atoms with van der Waals surface area (Å²) in [6, 6.07) is 0. The van der Waals surface area contributed by atoms with Crippen molar-refractivity contribution >= 4 is 5.97 Å². The van der Waals surface area contributed by atoms with E-state index in [-0.39, 0.29) is 6.17 Å². The minimum atomic E-state index is -0.801. The maximum atomic E-state index is 11.7. The van der Waals surface area contributed by atoms with E-state index in [1.807, 2.05) is 27.9 Å². The van der Waals surface area contributed by atoms with Crippen LogP contribution < -0.4 is 5.32 Å². The molecule has 0 saturated carbocycles. The molecule has 0 fully saturated rings. The Labute approximate surface area is 163 Å². The average molecular weight is 372 g/mol. The normalized spacial score (nSPS) is 13.8. The molecule has 0 spiro atoms. The zero-order valence-electron chi connectivity index (χ0n) is 18.6. The Hall–Kier alpha value is -0.610. The third-order valence-corrected chi connectivity index (χ3v) is 6.22. The molecule has 0 saturated heterocycles. The summed E-state index contributed by atoms with van der Waals surface area (Å²) in [7, 11) is 4.08. The molecule has 0 aliphatic heterocycles. The van der Waals surface area contributed by atoms with Crippen LogP contribution in [0.5, 0.6) is 0 Å². The minimum Gasteiger partial charge on any atom is -0.477 e. The Morgan fingerprint density at radius 3 is 1.77 bits per heavy atom. The van der Waals surface area contributed by atoms with E-state index in [1.54, 1.807) is 0 Å². The van der Waals surface area contributed by atoms with E-state index in [1.165, 1.54) is 64.2 Å². The van der Waals surface area contributed by atoms with Crippen molar-refractivity contribution in [3.8, 4) is 0 Å². The Bertz CT molecular complexity index is 367. The van der Waals surface area contributed by atoms with Gasteiger partial charge in [0.1, 0.15) is 6.17 Å². The smallest absolute Gasteiger partial charge is 0.365 e. The number of nitrogens with one attached hydrogen (secondary N) is 1. The summed E-state index contributed by atoms with van der Waals surface area (Å²) in [6.07, 6.45) is 15.7. The Morgan fingerprint density at radius 2 is 1.35 bits per heavy atom. The van der Waals surface area contributed by atoms with Crippen molar-refractivity contribution in [3.05, 3.63) is 0 Å². The second kappa shape index (κ2) is 13.5. The molecule has 2 N–H and O–H groups in total. The van der Waals surface area contributed by atoms with Gasteiger partial charge in [-0.3, -0.25) is 5.32 Å². The van der Waals surface area contributed by atoms with Gasteiger partial charge in [0.2, 0.25) is 0 Å². The van der Waals surface area contributed by atoms with Gasteiger partial charge in [0.25, 0.3) is 0 Å². The second-order valence-corrected chi connectivity index (χ2v) is 8.84. The molecule has 1 unspecified atom stereocenters. The van der Waals surface area contributed by atoms with Crippen LogP contribution in [0.25, 0.3) is 0 Å². The van der Waals surface area contributed by atoms with Gasteiger partial charge in [-0.05, 0) is 12.8 Å². The quantitative estimate of drug-likeness (QED) is 0.200. The van der Waals surface area contributed by atoms with Gasteiger partial charge in [-0.2, -0.15) is 0 Å². The summed E-state index contributed by atoms with van der Waals surface area (Å²) in [5, 5.41) is 13.3. The lowest BCUT2D eigenvalue weighted by molar-refractivity contribution is -0.954. The predicted molar refractivity (Wildman–Crippen MR) is 112 cm³/mol. The molecule has 0 amide bonds. The van der Waals surface area contributed by atoms with Crippen LogP contribution in [0.15, 0.2) is 0 Å². The van der Waals surface area contributed by atoms with Crippen molar-refractivity contribution in [2.45, 2.75) is 116 Å². The van der Waals surface area contributed by atoms with Crippen molar-refractivity contribution in [2.75, 3.05) is 20.6 Å². The van der Waals surface area contributed by atoms with Crippen LogP contribution in [-0.4, -0.2) is 47.9 Å². The highest BCUT2D eigenvalue weighted by Gasteiger charge is 2.47. The van der Waals surface area contributed by atoms with E-state index in [0.717, 1.165) is 19.4 Å². The number of unbranched alkanes of at least 4 members (excludes halogenated alkanes) is 9. The maximum Gasteiger partial charge on any atom is 0.365 e. The molecule has 26 heavy (non-hydrogen) atoms. The Kier molecular flexibility index (Phi) is 13.2. The lowest BCUT2D eigenvalue weighted by Crippen LogP contribution is -2.68. The fourth-order valence-corrected chi connectivity index (χ4v) is 3.44. The number of nitrogens with zero attached hydrogens (tertiary/aromatic N) is 1. The predicted octanol–water partition coefficient (Wildman–Crippen LogP) is 5.56. The fourth-order valence-electron chi connectivity index (χ4n) is 3.44. The number of aliphatic carboxylic acids is 1. The molecule has 1 atom stereocenters. The fraction of sp³-hybridized carbons (Fsp3) is 0.955. The number of carbonyl (C=O) groups is 1. The summed E-state index contributed by atoms with van der Waals surface area (Å²) in [5.41, 5.74) is -0.801. The highest BCUT2D eigenvalue weighted by Crippen LogP contribution is 2.25. The summed E-state index contributed by atoms with van der Waals surface area (Å²) < 4.78 is 0.466. The summed E-state index contributed by atoms with van der Waals surface area (Å²) in [6.45, 7) is 9.09. The number of carboxylic acid groups (broad SMARTS) is 1. The lowest BCUT2D eigenvalue weighted by Gasteiger charge is -2.47. The van der Waals surface area contributed by atoms with Gasteiger partial charge in [0.05, 0.1) is 14.1 Å². The van der Waals surface area contributed by atoms with Crippen LogP contribution in [0.1, 0.15) is 105 Å². The Balaban J connectivity index is 4.07. The van der Waals surface area contributed by atoms with Crippen LogP contribution in [-0.2, 0) is 4.79 Å². The average Bonchev–Trinajstić information content (AvgIpc) is 2.58. The molecule has 0 heterocycles. The van der Waals surface area contributed by atoms with E-state index in [4.69, 9.17) is 0 Å². The number of hydrogen-bond donors (Lipinski definition) is 2. The van der Waals surface area contributed by atoms with Gasteiger partial charge in [0, 0.05) is 26.8 Å². The zero-order valence-corrected chi connectivity index (χ0v) is 18.6. The zero-order chi connectivity index (χ0) is 20.1. The number of rotatable bonds is 17. The van der Waals surface area contributed by atoms with E-state index >= 15 is 0 Å². The molecule has 0 aromatic rings. The standard InChI is InChI=1S/C22H46N2O2/c1-7-9-10-11-12-13-14-15-16-17-19-23-20(18-8-2)24(5,6)22(3,4)21(25)26/h20,23H,7-19H2,1-6H3/p+1. The van der Waals surface area contributed by atoms with Gasteiger partial charge >= 0.3 is 5.97 Å². The van der Waals surface area contributed by atoms with Gasteiger partial charge in [-0.1, -0.05) is 71.6 Å². The summed E-state index contributed by atoms with van der Waals surface area (Å²) in [5.74, 6) is -0.732. The maximum absolute atomic E-state index is 11.7. The SMILES string of the molecule is CCCCCCCCCCCCNC(CCC)[N+](C)(C)C(C)(C)C(=O)O. The van der Waals surface area contributed by atoms with Gasteiger partial charge in [-0.25, -0.2) is 4.79 Å². The first-order valence-corrected chi connectivity index (χ1v) is 11.0. The molecule has 4 heteroatoms. The molecular weight excluding hydrogens is 324 g/mol. The van der Waals surface area contributed by atoms with Crippen molar-refractivity contribution in [3.63, 3.8) is 0 Å². The number of carboxylic acids is 1. The van der Waals surface area contributed by atoms with Gasteiger partial charge in [-0.15, -0.1) is 0 Å². The molecule has 0 aromatic heterocycles. The van der Waals surface area contributed by atoms with Crippen molar-refractivity contribution < 1.29 is 14.4 Å². The molecule has 4 nitrogen and oxygen atoms in total. The van der Waals surface area contributed by atoms with E-state index in [2.05, 4.69) is 19.2 Å². The van der Waals surface area contributed by atoms with Crippen molar-refractivity contribution in [2.24, 2.45) is 0 Å². The molecule has 0 radical (unpaired) electrons. The molecule has 0 bridgehead atoms. The summed E-state index contributed by atoms with van der Waals surface area (Å²) >= 11 is 0. The minimum absolute atomic E-state index is 0.185. The first-order valence-electron chi connectivity index (χ1n) is 11.0. The van der Waals surface area contributed by atoms with Crippen LogP contribution >= 0.6 is 0 Å². The number of quaternary nitrogens is 1. The van der Waals surface area contributed by atoms with E-state index < -0.39 is 11.5 Å². The van der Waals surface area contributed by atoms with Crippen LogP contribution in [0.4, 0.5) is 0 Å². The molecule has 0 aliphatic carbocycles. The van der Waals surface area contributed by atoms with E-state index in [0.29, 0.717) is 4.48 Å². The number of likely N-dealkylation sites (N-methyl/N-ethyl adjacent to an activating group) is 1. The van der Waals surface area contributed by atoms with Gasteiger partial charge in [0.15, 0.2) is 5.54 Å². The molecule has 0 rings (SSSR count). The second-order valence-electron chi connectivity index (χ2n) is 8.84. The summed E-state index contributed by atoms with van der Waals surface area (Å²) in [4.78, 5) is 11.7. The van der Waals surface area contributed by atoms with Crippen molar-refractivity contribution in [1.82, 2.24) is 5.32 Å². The third-order valence-electron chi connectivity index (χ3n) is 6.22. The molecule has 0 aliphatic rings. The molecule has 0 aromatic carbocycles.